The van der Waals surface area contributed by atoms with E-state index in [1.807, 2.05) is 6.92 Å². The van der Waals surface area contributed by atoms with Gasteiger partial charge >= 0.3 is 5.69 Å². The third-order valence-corrected chi connectivity index (χ3v) is 3.47. The fourth-order valence-corrected chi connectivity index (χ4v) is 2.52. The summed E-state index contributed by atoms with van der Waals surface area (Å²) in [5.74, 6) is 0. The lowest BCUT2D eigenvalue weighted by Gasteiger charge is -2.23. The van der Waals surface area contributed by atoms with Gasteiger partial charge in [0.25, 0.3) is 5.56 Å². The molecule has 1 heterocycles. The standard InChI is InChI=1S/C12H19N3O2/c1-3-14-12(17)15(11(16)9(2)13-14)10-7-5-4-6-8-10/h10H,3-8H2,1-2H3. The highest BCUT2D eigenvalue weighted by atomic mass is 16.2. The van der Waals surface area contributed by atoms with Crippen LogP contribution in [-0.4, -0.2) is 14.3 Å². The van der Waals surface area contributed by atoms with E-state index < -0.39 is 0 Å². The number of aryl methyl sites for hydroxylation is 2. The molecule has 0 N–H and O–H groups in total. The molecule has 1 aliphatic rings. The van der Waals surface area contributed by atoms with Gasteiger partial charge < -0.3 is 0 Å². The van der Waals surface area contributed by atoms with Crippen molar-refractivity contribution in [1.82, 2.24) is 14.3 Å². The third kappa shape index (κ3) is 2.18. The predicted octanol–water partition coefficient (Wildman–Crippen LogP) is 1.24. The second-order valence-electron chi connectivity index (χ2n) is 4.65. The van der Waals surface area contributed by atoms with Crippen LogP contribution in [0.25, 0.3) is 0 Å². The van der Waals surface area contributed by atoms with Crippen molar-refractivity contribution in [3.8, 4) is 0 Å². The Morgan fingerprint density at radius 3 is 2.47 bits per heavy atom. The van der Waals surface area contributed by atoms with Gasteiger partial charge in [0.1, 0.15) is 5.69 Å². The summed E-state index contributed by atoms with van der Waals surface area (Å²) in [7, 11) is 0. The van der Waals surface area contributed by atoms with Crippen LogP contribution in [0.1, 0.15) is 50.8 Å². The van der Waals surface area contributed by atoms with Gasteiger partial charge in [-0.05, 0) is 26.7 Å². The van der Waals surface area contributed by atoms with Crippen molar-refractivity contribution < 1.29 is 0 Å². The first-order chi connectivity index (χ1) is 8.15. The molecule has 0 radical (unpaired) electrons. The fraction of sp³-hybridized carbons (Fsp3) is 0.750. The van der Waals surface area contributed by atoms with E-state index >= 15 is 0 Å². The monoisotopic (exact) mass is 237 g/mol. The molecule has 0 amide bonds. The SMILES string of the molecule is CCn1nc(C)c(=O)n(C2CCCCC2)c1=O. The summed E-state index contributed by atoms with van der Waals surface area (Å²) >= 11 is 0. The lowest BCUT2D eigenvalue weighted by molar-refractivity contribution is 0.321. The van der Waals surface area contributed by atoms with Gasteiger partial charge in [0.05, 0.1) is 0 Å². The van der Waals surface area contributed by atoms with Crippen LogP contribution in [-0.2, 0) is 6.54 Å². The number of hydrogen-bond acceptors (Lipinski definition) is 3. The Bertz CT molecular complexity index is 509. The molecule has 1 aromatic heterocycles. The number of hydrogen-bond donors (Lipinski definition) is 0. The molecule has 0 aromatic carbocycles. The van der Waals surface area contributed by atoms with Crippen LogP contribution in [0.4, 0.5) is 0 Å². The molecule has 0 spiro atoms. The minimum atomic E-state index is -0.255. The molecule has 1 aromatic rings. The van der Waals surface area contributed by atoms with Gasteiger partial charge in [-0.25, -0.2) is 9.48 Å². The highest BCUT2D eigenvalue weighted by Crippen LogP contribution is 2.25. The summed E-state index contributed by atoms with van der Waals surface area (Å²) in [6.45, 7) is 4.05. The van der Waals surface area contributed by atoms with Crippen molar-refractivity contribution in [2.24, 2.45) is 0 Å². The molecule has 1 fully saturated rings. The lowest BCUT2D eigenvalue weighted by atomic mass is 9.95. The first-order valence-electron chi connectivity index (χ1n) is 6.35. The molecule has 0 atom stereocenters. The van der Waals surface area contributed by atoms with E-state index in [9.17, 15) is 9.59 Å². The molecular formula is C12H19N3O2. The first-order valence-corrected chi connectivity index (χ1v) is 6.35. The van der Waals surface area contributed by atoms with E-state index in [4.69, 9.17) is 0 Å². The van der Waals surface area contributed by atoms with E-state index in [1.165, 1.54) is 15.7 Å². The minimum Gasteiger partial charge on any atom is -0.267 e. The largest absolute Gasteiger partial charge is 0.347 e. The number of nitrogens with zero attached hydrogens (tertiary/aromatic N) is 3. The summed E-state index contributed by atoms with van der Waals surface area (Å²) in [4.78, 5) is 24.2. The summed E-state index contributed by atoms with van der Waals surface area (Å²) in [6, 6.07) is 0.0725. The van der Waals surface area contributed by atoms with Crippen LogP contribution in [0, 0.1) is 6.92 Å². The Morgan fingerprint density at radius 1 is 1.24 bits per heavy atom. The van der Waals surface area contributed by atoms with Gasteiger partial charge in [0.15, 0.2) is 0 Å². The zero-order chi connectivity index (χ0) is 12.4. The van der Waals surface area contributed by atoms with E-state index in [2.05, 4.69) is 5.10 Å². The maximum Gasteiger partial charge on any atom is 0.347 e. The Labute approximate surface area is 100 Å². The fourth-order valence-electron chi connectivity index (χ4n) is 2.52. The highest BCUT2D eigenvalue weighted by Gasteiger charge is 2.20. The second-order valence-corrected chi connectivity index (χ2v) is 4.65. The van der Waals surface area contributed by atoms with Gasteiger partial charge in [-0.1, -0.05) is 19.3 Å². The molecule has 0 saturated heterocycles. The van der Waals surface area contributed by atoms with Crippen LogP contribution in [0.2, 0.25) is 0 Å². The molecule has 1 saturated carbocycles. The smallest absolute Gasteiger partial charge is 0.267 e. The average Bonchev–Trinajstić information content (AvgIpc) is 2.35. The van der Waals surface area contributed by atoms with Crippen molar-refractivity contribution in [1.29, 1.82) is 0 Å². The van der Waals surface area contributed by atoms with E-state index in [0.29, 0.717) is 12.2 Å². The van der Waals surface area contributed by atoms with Crippen LogP contribution in [0.5, 0.6) is 0 Å². The van der Waals surface area contributed by atoms with Gasteiger partial charge in [-0.2, -0.15) is 5.10 Å². The van der Waals surface area contributed by atoms with Crippen LogP contribution < -0.4 is 11.2 Å². The van der Waals surface area contributed by atoms with Crippen molar-refractivity contribution in [3.63, 3.8) is 0 Å². The summed E-state index contributed by atoms with van der Waals surface area (Å²) in [6.07, 6.45) is 5.27. The topological polar surface area (TPSA) is 56.9 Å². The Morgan fingerprint density at radius 2 is 1.88 bits per heavy atom. The van der Waals surface area contributed by atoms with E-state index in [-0.39, 0.29) is 17.3 Å². The van der Waals surface area contributed by atoms with E-state index in [0.717, 1.165) is 25.7 Å². The normalized spacial score (nSPS) is 17.3. The number of aromatic nitrogens is 3. The summed E-state index contributed by atoms with van der Waals surface area (Å²) < 4.78 is 2.80. The van der Waals surface area contributed by atoms with Crippen molar-refractivity contribution >= 4 is 0 Å². The quantitative estimate of drug-likeness (QED) is 0.777. The molecule has 17 heavy (non-hydrogen) atoms. The Kier molecular flexibility index (Phi) is 3.45. The predicted molar refractivity (Wildman–Crippen MR) is 65.3 cm³/mol. The molecule has 5 nitrogen and oxygen atoms in total. The van der Waals surface area contributed by atoms with Crippen molar-refractivity contribution in [3.05, 3.63) is 26.5 Å². The molecule has 0 aliphatic heterocycles. The molecule has 1 aliphatic carbocycles. The average molecular weight is 237 g/mol. The zero-order valence-electron chi connectivity index (χ0n) is 10.5. The van der Waals surface area contributed by atoms with Gasteiger partial charge in [0, 0.05) is 12.6 Å². The van der Waals surface area contributed by atoms with Gasteiger partial charge in [-0.3, -0.25) is 9.36 Å². The van der Waals surface area contributed by atoms with Gasteiger partial charge in [0.2, 0.25) is 0 Å². The molecular weight excluding hydrogens is 218 g/mol. The molecule has 2 rings (SSSR count). The zero-order valence-corrected chi connectivity index (χ0v) is 10.5. The summed E-state index contributed by atoms with van der Waals surface area (Å²) in [5, 5.41) is 4.02. The molecule has 0 bridgehead atoms. The molecule has 0 unspecified atom stereocenters. The molecule has 5 heteroatoms. The van der Waals surface area contributed by atoms with Crippen LogP contribution >= 0.6 is 0 Å². The van der Waals surface area contributed by atoms with Crippen molar-refractivity contribution in [2.75, 3.05) is 0 Å². The lowest BCUT2D eigenvalue weighted by Crippen LogP contribution is -2.45. The first kappa shape index (κ1) is 12.1. The van der Waals surface area contributed by atoms with Crippen LogP contribution in [0.3, 0.4) is 0 Å². The highest BCUT2D eigenvalue weighted by molar-refractivity contribution is 4.94. The molecule has 94 valence electrons. The maximum atomic E-state index is 12.1. The van der Waals surface area contributed by atoms with E-state index in [1.54, 1.807) is 6.92 Å². The Hall–Kier alpha value is -1.39. The van der Waals surface area contributed by atoms with Gasteiger partial charge in [-0.15, -0.1) is 0 Å². The second kappa shape index (κ2) is 4.85. The number of rotatable bonds is 2. The summed E-state index contributed by atoms with van der Waals surface area (Å²) in [5.41, 5.74) is -0.0568. The Balaban J connectivity index is 2.54. The minimum absolute atomic E-state index is 0.0725. The van der Waals surface area contributed by atoms with Crippen molar-refractivity contribution in [2.45, 2.75) is 58.5 Å². The maximum absolute atomic E-state index is 12.1. The third-order valence-electron chi connectivity index (χ3n) is 3.47. The van der Waals surface area contributed by atoms with Crippen LogP contribution in [0.15, 0.2) is 9.59 Å².